The van der Waals surface area contributed by atoms with Gasteiger partial charge in [-0.25, -0.2) is 0 Å². The number of carbonyl (C=O) groups excluding carboxylic acids is 2. The minimum Gasteiger partial charge on any atom is -0.549 e. The van der Waals surface area contributed by atoms with Crippen LogP contribution in [0.25, 0.3) is 0 Å². The number of aliphatic carboxylic acids is 2. The van der Waals surface area contributed by atoms with Gasteiger partial charge in [-0.2, -0.15) is 0 Å². The number of nitro groups is 2. The molecule has 0 aromatic heterocycles. The summed E-state index contributed by atoms with van der Waals surface area (Å²) in [6.45, 7) is -0.472. The number of carboxylic acid groups (broad SMARTS) is 2. The Hall–Kier alpha value is 1.63. The van der Waals surface area contributed by atoms with Crippen LogP contribution in [0.2, 0.25) is 0 Å². The minimum absolute atomic E-state index is 0. The first-order chi connectivity index (χ1) is 12.2. The third kappa shape index (κ3) is 13.8. The number of carboxylic acids is 2. The van der Waals surface area contributed by atoms with Crippen molar-refractivity contribution >= 4 is 63.3 Å². The second kappa shape index (κ2) is 17.2. The van der Waals surface area contributed by atoms with Crippen molar-refractivity contribution in [2.24, 2.45) is 0 Å². The molecule has 28 heavy (non-hydrogen) atoms. The van der Waals surface area contributed by atoms with E-state index in [1.165, 1.54) is 22.9 Å². The van der Waals surface area contributed by atoms with E-state index in [0.29, 0.717) is 0 Å². The van der Waals surface area contributed by atoms with Gasteiger partial charge in [0.25, 0.3) is 0 Å². The van der Waals surface area contributed by atoms with Crippen molar-refractivity contribution in [1.29, 1.82) is 0 Å². The molecule has 0 amide bonds. The molecule has 0 fully saturated rings. The first kappa shape index (κ1) is 31.8. The summed E-state index contributed by atoms with van der Waals surface area (Å²) < 4.78 is 0. The Morgan fingerprint density at radius 1 is 0.857 bits per heavy atom. The predicted octanol–water partition coefficient (Wildman–Crippen LogP) is -6.74. The molecule has 0 spiro atoms. The average molecular weight is 519 g/mol. The van der Waals surface area contributed by atoms with Crippen LogP contribution < -0.4 is 113 Å². The van der Waals surface area contributed by atoms with Gasteiger partial charge in [0, 0.05) is 20.6 Å². The van der Waals surface area contributed by atoms with E-state index in [9.17, 15) is 40.0 Å². The molecule has 2 rings (SSSR count). The third-order valence-corrected chi connectivity index (χ3v) is 9.87. The first-order valence-electron chi connectivity index (χ1n) is 6.65. The second-order valence-corrected chi connectivity index (χ2v) is 11.7. The molecule has 0 saturated heterocycles. The Bertz CT molecular complexity index is 668. The molecule has 2 aliphatic heterocycles. The van der Waals surface area contributed by atoms with Crippen molar-refractivity contribution < 1.29 is 132 Å². The number of hydrogen-bond acceptors (Lipinski definition) is 10. The minimum atomic E-state index is -1.15. The van der Waals surface area contributed by atoms with Crippen molar-refractivity contribution in [3.8, 4) is 0 Å². The van der Waals surface area contributed by atoms with Gasteiger partial charge in [-0.1, -0.05) is 33.7 Å². The van der Waals surface area contributed by atoms with Crippen molar-refractivity contribution in [3.63, 3.8) is 0 Å². The molecule has 16 heteroatoms. The normalized spacial score (nSPS) is 24.6. The Morgan fingerprint density at radius 3 is 1.39 bits per heavy atom. The maximum Gasteiger partial charge on any atom is 1.00 e. The Balaban J connectivity index is 0. The zero-order valence-electron chi connectivity index (χ0n) is 14.8. The summed E-state index contributed by atoms with van der Waals surface area (Å²) >= 11 is 0. The average Bonchev–Trinajstić information content (AvgIpc) is 3.21. The number of hydrogen-bond donors (Lipinski definition) is 0. The largest absolute Gasteiger partial charge is 1.00 e. The fourth-order valence-corrected chi connectivity index (χ4v) is 8.05. The van der Waals surface area contributed by atoms with Crippen LogP contribution in [0.15, 0.2) is 23.0 Å². The monoisotopic (exact) mass is 518 g/mol. The van der Waals surface area contributed by atoms with E-state index in [-0.39, 0.29) is 116 Å². The summed E-state index contributed by atoms with van der Waals surface area (Å²) in [7, 11) is 1.41. The maximum absolute atomic E-state index is 10.4. The van der Waals surface area contributed by atoms with E-state index in [1.807, 2.05) is 0 Å². The predicted molar refractivity (Wildman–Crippen MR) is 102 cm³/mol. The molecule has 2 aliphatic rings. The summed E-state index contributed by atoms with van der Waals surface area (Å²) in [5, 5.41) is 45.7. The van der Waals surface area contributed by atoms with Gasteiger partial charge in [0.1, 0.15) is 0 Å². The van der Waals surface area contributed by atoms with E-state index in [2.05, 4.69) is 0 Å². The van der Waals surface area contributed by atoms with Crippen LogP contribution in [0, 0.1) is 20.2 Å². The number of carbonyl (C=O) groups is 2. The second-order valence-electron chi connectivity index (χ2n) is 4.35. The topological polar surface area (TPSA) is 167 Å². The molecule has 0 saturated carbocycles. The molecule has 0 aromatic carbocycles. The van der Waals surface area contributed by atoms with Gasteiger partial charge in [-0.05, 0) is 10.8 Å². The summed E-state index contributed by atoms with van der Waals surface area (Å²) in [6.07, 6.45) is 3.00. The quantitative estimate of drug-likeness (QED) is 0.108. The molecule has 4 atom stereocenters. The zero-order chi connectivity index (χ0) is 19.7. The van der Waals surface area contributed by atoms with Crippen LogP contribution in [-0.2, 0) is 9.59 Å². The van der Waals surface area contributed by atoms with E-state index in [4.69, 9.17) is 0 Å². The molecule has 0 radical (unpaired) electrons. The summed E-state index contributed by atoms with van der Waals surface area (Å²) in [4.78, 5) is 39.8. The van der Waals surface area contributed by atoms with Gasteiger partial charge in [0.2, 0.25) is 13.1 Å². The summed E-state index contributed by atoms with van der Waals surface area (Å²) in [6, 6.07) is 0. The fourth-order valence-electron chi connectivity index (χ4n) is 1.36. The molecule has 0 N–H and O–H groups in total. The molecule has 144 valence electrons. The van der Waals surface area contributed by atoms with Crippen LogP contribution in [0.5, 0.6) is 0 Å². The van der Waals surface area contributed by atoms with Crippen LogP contribution >= 0.6 is 40.6 Å². The van der Waals surface area contributed by atoms with Crippen LogP contribution in [0.1, 0.15) is 0 Å². The number of nitrogens with zero attached hydrogens (tertiary/aromatic N) is 2. The van der Waals surface area contributed by atoms with Crippen molar-refractivity contribution in [3.05, 3.63) is 43.2 Å². The Kier molecular flexibility index (Phi) is 19.6. The molecular weight excluding hydrogens is 507 g/mol. The summed E-state index contributed by atoms with van der Waals surface area (Å²) in [5.74, 6) is -2.29. The Morgan fingerprint density at radius 2 is 1.18 bits per heavy atom. The summed E-state index contributed by atoms with van der Waals surface area (Å²) in [5.41, 5.74) is 0. The van der Waals surface area contributed by atoms with Crippen molar-refractivity contribution in [2.45, 2.75) is 10.5 Å². The van der Waals surface area contributed by atoms with E-state index in [1.54, 1.807) is 10.8 Å². The molecule has 0 aliphatic carbocycles. The van der Waals surface area contributed by atoms with Gasteiger partial charge in [0.05, 0.1) is 22.4 Å². The van der Waals surface area contributed by atoms with Gasteiger partial charge < -0.3 is 19.8 Å². The molecule has 2 heterocycles. The van der Waals surface area contributed by atoms with Crippen molar-refractivity contribution in [1.82, 2.24) is 0 Å². The fraction of sp³-hybridized carbons (Fsp3) is 0.333. The van der Waals surface area contributed by atoms with E-state index >= 15 is 0 Å². The van der Waals surface area contributed by atoms with Crippen LogP contribution in [0.4, 0.5) is 0 Å². The smallest absolute Gasteiger partial charge is 0.549 e. The van der Waals surface area contributed by atoms with Crippen LogP contribution in [-0.4, -0.2) is 56.1 Å². The maximum atomic E-state index is 10.4. The first-order valence-corrected chi connectivity index (χ1v) is 12.1. The number of rotatable bonds is 6. The Labute approximate surface area is 257 Å². The SMILES string of the molecule is O=C([O-])C1C=CS(=CC[N+](=O)[O-])S1.O=C([O-])C1C=CS(=CC[N+](=O)[O-])S1.[K+].[K+]. The van der Waals surface area contributed by atoms with Gasteiger partial charge in [-0.3, -0.25) is 20.2 Å². The van der Waals surface area contributed by atoms with Gasteiger partial charge >= 0.3 is 103 Å². The third-order valence-electron chi connectivity index (χ3n) is 2.44. The molecule has 0 aromatic rings. The standard InChI is InChI=1S/2C6H7NO4S2.2K/c2*8-6(9)5-1-3-13(12-5)4-2-7(10)11;;/h2*1,3-5H,2H2,(H,8,9);;/q;;2*+1/p-2. The zero-order valence-corrected chi connectivity index (χ0v) is 24.3. The van der Waals surface area contributed by atoms with Crippen LogP contribution in [0.3, 0.4) is 0 Å². The van der Waals surface area contributed by atoms with Crippen molar-refractivity contribution in [2.75, 3.05) is 13.1 Å². The molecule has 4 unspecified atom stereocenters. The molecule has 10 nitrogen and oxygen atoms in total. The van der Waals surface area contributed by atoms with Gasteiger partial charge in [-0.15, -0.1) is 19.0 Å². The molecule has 0 bridgehead atoms. The van der Waals surface area contributed by atoms with E-state index < -0.39 is 51.3 Å². The molecular formula is C12H12K2N2O8S4. The van der Waals surface area contributed by atoms with E-state index in [0.717, 1.165) is 21.6 Å². The van der Waals surface area contributed by atoms with Gasteiger partial charge in [0.15, 0.2) is 0 Å².